The predicted octanol–water partition coefficient (Wildman–Crippen LogP) is 2.43. The molecule has 0 aromatic rings. The second-order valence-corrected chi connectivity index (χ2v) is 4.58. The predicted molar refractivity (Wildman–Crippen MR) is 78.4 cm³/mol. The second kappa shape index (κ2) is 9.66. The monoisotopic (exact) mass is 250 g/mol. The second-order valence-electron chi connectivity index (χ2n) is 4.58. The summed E-state index contributed by atoms with van der Waals surface area (Å²) >= 11 is 0. The van der Waals surface area contributed by atoms with E-state index in [0.29, 0.717) is 12.5 Å². The van der Waals surface area contributed by atoms with Gasteiger partial charge < -0.3 is 10.6 Å². The molecular formula is C15H26N2O. The SMILES string of the molecule is C=C(/C=C\C)CNC[C@@H](C)CNC(=O)/C(C)=C/C. The number of allylic oxidation sites excluding steroid dienone is 2. The highest BCUT2D eigenvalue weighted by Crippen LogP contribution is 1.95. The van der Waals surface area contributed by atoms with Crippen molar-refractivity contribution in [2.75, 3.05) is 19.6 Å². The molecule has 102 valence electrons. The van der Waals surface area contributed by atoms with Gasteiger partial charge in [-0.15, -0.1) is 0 Å². The molecule has 1 atom stereocenters. The molecule has 0 saturated carbocycles. The zero-order valence-electron chi connectivity index (χ0n) is 12.0. The third-order valence-electron chi connectivity index (χ3n) is 2.65. The van der Waals surface area contributed by atoms with Crippen LogP contribution in [0.25, 0.3) is 0 Å². The summed E-state index contributed by atoms with van der Waals surface area (Å²) < 4.78 is 0. The lowest BCUT2D eigenvalue weighted by atomic mass is 10.1. The maximum absolute atomic E-state index is 11.5. The molecule has 0 spiro atoms. The molecule has 0 rings (SSSR count). The number of nitrogens with one attached hydrogen (secondary N) is 2. The van der Waals surface area contributed by atoms with E-state index in [1.807, 2.05) is 39.0 Å². The summed E-state index contributed by atoms with van der Waals surface area (Å²) in [4.78, 5) is 11.5. The van der Waals surface area contributed by atoms with Crippen LogP contribution in [0.1, 0.15) is 27.7 Å². The molecule has 0 radical (unpaired) electrons. The molecule has 0 aliphatic heterocycles. The fraction of sp³-hybridized carbons (Fsp3) is 0.533. The van der Waals surface area contributed by atoms with Crippen LogP contribution in [0.5, 0.6) is 0 Å². The highest BCUT2D eigenvalue weighted by molar-refractivity contribution is 5.92. The Morgan fingerprint density at radius 2 is 2.00 bits per heavy atom. The van der Waals surface area contributed by atoms with Crippen LogP contribution < -0.4 is 10.6 Å². The quantitative estimate of drug-likeness (QED) is 0.513. The van der Waals surface area contributed by atoms with E-state index in [-0.39, 0.29) is 5.91 Å². The number of rotatable bonds is 8. The fourth-order valence-corrected chi connectivity index (χ4v) is 1.38. The molecule has 0 heterocycles. The van der Waals surface area contributed by atoms with Gasteiger partial charge >= 0.3 is 0 Å². The molecule has 0 saturated heterocycles. The largest absolute Gasteiger partial charge is 0.352 e. The van der Waals surface area contributed by atoms with Crippen molar-refractivity contribution < 1.29 is 4.79 Å². The van der Waals surface area contributed by atoms with Crippen LogP contribution in [0, 0.1) is 5.92 Å². The molecular weight excluding hydrogens is 224 g/mol. The topological polar surface area (TPSA) is 41.1 Å². The standard InChI is InChI=1S/C15H26N2O/c1-6-8-12(3)9-16-10-13(4)11-17-15(18)14(5)7-2/h6-8,13,16H,3,9-11H2,1-2,4-5H3,(H,17,18)/b8-6-,14-7+/t13-/m1/s1. The van der Waals surface area contributed by atoms with Crippen molar-refractivity contribution in [3.05, 3.63) is 36.0 Å². The summed E-state index contributed by atoms with van der Waals surface area (Å²) in [5.74, 6) is 0.416. The lowest BCUT2D eigenvalue weighted by molar-refractivity contribution is -0.117. The highest BCUT2D eigenvalue weighted by Gasteiger charge is 2.06. The normalized spacial score (nSPS) is 13.7. The first-order chi connectivity index (χ1) is 8.51. The number of hydrogen-bond donors (Lipinski definition) is 2. The Kier molecular flexibility index (Phi) is 8.93. The molecule has 0 unspecified atom stereocenters. The Morgan fingerprint density at radius 1 is 1.33 bits per heavy atom. The zero-order valence-corrected chi connectivity index (χ0v) is 12.0. The van der Waals surface area contributed by atoms with E-state index in [1.165, 1.54) is 0 Å². The first-order valence-corrected chi connectivity index (χ1v) is 6.43. The zero-order chi connectivity index (χ0) is 14.0. The Balaban J connectivity index is 3.76. The summed E-state index contributed by atoms with van der Waals surface area (Å²) in [5, 5.41) is 6.23. The molecule has 3 nitrogen and oxygen atoms in total. The maximum Gasteiger partial charge on any atom is 0.246 e. The van der Waals surface area contributed by atoms with Crippen molar-refractivity contribution in [1.82, 2.24) is 10.6 Å². The molecule has 0 fully saturated rings. The van der Waals surface area contributed by atoms with Crippen molar-refractivity contribution in [2.45, 2.75) is 27.7 Å². The van der Waals surface area contributed by atoms with Crippen molar-refractivity contribution in [3.8, 4) is 0 Å². The van der Waals surface area contributed by atoms with Crippen LogP contribution >= 0.6 is 0 Å². The van der Waals surface area contributed by atoms with Gasteiger partial charge in [0.05, 0.1) is 0 Å². The van der Waals surface area contributed by atoms with Crippen LogP contribution in [-0.4, -0.2) is 25.5 Å². The molecule has 0 aromatic carbocycles. The average Bonchev–Trinajstić information content (AvgIpc) is 2.35. The molecule has 1 amide bonds. The van der Waals surface area contributed by atoms with E-state index in [2.05, 4.69) is 24.1 Å². The smallest absolute Gasteiger partial charge is 0.246 e. The van der Waals surface area contributed by atoms with Gasteiger partial charge in [-0.2, -0.15) is 0 Å². The number of amides is 1. The van der Waals surface area contributed by atoms with Crippen LogP contribution in [0.3, 0.4) is 0 Å². The van der Waals surface area contributed by atoms with Gasteiger partial charge in [-0.1, -0.05) is 31.7 Å². The number of carbonyl (C=O) groups is 1. The van der Waals surface area contributed by atoms with E-state index in [9.17, 15) is 4.79 Å². The van der Waals surface area contributed by atoms with E-state index in [0.717, 1.165) is 24.2 Å². The minimum atomic E-state index is 0.0164. The molecule has 3 heteroatoms. The van der Waals surface area contributed by atoms with E-state index in [4.69, 9.17) is 0 Å². The summed E-state index contributed by atoms with van der Waals surface area (Å²) in [7, 11) is 0. The number of carbonyl (C=O) groups excluding carboxylic acids is 1. The summed E-state index contributed by atoms with van der Waals surface area (Å²) in [5.41, 5.74) is 1.83. The summed E-state index contributed by atoms with van der Waals surface area (Å²) in [6.07, 6.45) is 5.79. The van der Waals surface area contributed by atoms with Gasteiger partial charge in [-0.3, -0.25) is 4.79 Å². The van der Waals surface area contributed by atoms with Crippen molar-refractivity contribution in [1.29, 1.82) is 0 Å². The molecule has 0 bridgehead atoms. The molecule has 18 heavy (non-hydrogen) atoms. The average molecular weight is 250 g/mol. The Hall–Kier alpha value is -1.35. The molecule has 0 aliphatic carbocycles. The Morgan fingerprint density at radius 3 is 2.56 bits per heavy atom. The van der Waals surface area contributed by atoms with Gasteiger partial charge in [0.2, 0.25) is 5.91 Å². The fourth-order valence-electron chi connectivity index (χ4n) is 1.38. The highest BCUT2D eigenvalue weighted by atomic mass is 16.1. The summed E-state index contributed by atoms with van der Waals surface area (Å²) in [6, 6.07) is 0. The van der Waals surface area contributed by atoms with Gasteiger partial charge in [-0.05, 0) is 38.8 Å². The van der Waals surface area contributed by atoms with E-state index < -0.39 is 0 Å². The van der Waals surface area contributed by atoms with Gasteiger partial charge in [-0.25, -0.2) is 0 Å². The Labute approximate surface area is 111 Å². The minimum absolute atomic E-state index is 0.0164. The van der Waals surface area contributed by atoms with E-state index >= 15 is 0 Å². The molecule has 2 N–H and O–H groups in total. The van der Waals surface area contributed by atoms with Gasteiger partial charge in [0, 0.05) is 18.7 Å². The first kappa shape index (κ1) is 16.6. The van der Waals surface area contributed by atoms with Crippen LogP contribution in [0.4, 0.5) is 0 Å². The lowest BCUT2D eigenvalue weighted by Gasteiger charge is -2.14. The van der Waals surface area contributed by atoms with E-state index in [1.54, 1.807) is 0 Å². The van der Waals surface area contributed by atoms with Gasteiger partial charge in [0.1, 0.15) is 0 Å². The first-order valence-electron chi connectivity index (χ1n) is 6.43. The minimum Gasteiger partial charge on any atom is -0.352 e. The van der Waals surface area contributed by atoms with Gasteiger partial charge in [0.15, 0.2) is 0 Å². The van der Waals surface area contributed by atoms with Crippen LogP contribution in [0.15, 0.2) is 36.0 Å². The Bertz CT molecular complexity index is 329. The number of hydrogen-bond acceptors (Lipinski definition) is 2. The molecule has 0 aliphatic rings. The van der Waals surface area contributed by atoms with Crippen LogP contribution in [0.2, 0.25) is 0 Å². The third kappa shape index (κ3) is 7.85. The van der Waals surface area contributed by atoms with Crippen molar-refractivity contribution in [3.63, 3.8) is 0 Å². The van der Waals surface area contributed by atoms with Gasteiger partial charge in [0.25, 0.3) is 0 Å². The van der Waals surface area contributed by atoms with Crippen molar-refractivity contribution >= 4 is 5.91 Å². The maximum atomic E-state index is 11.5. The van der Waals surface area contributed by atoms with Crippen molar-refractivity contribution in [2.24, 2.45) is 5.92 Å². The molecule has 0 aromatic heterocycles. The lowest BCUT2D eigenvalue weighted by Crippen LogP contribution is -2.33. The summed E-state index contributed by atoms with van der Waals surface area (Å²) in [6.45, 7) is 14.0. The van der Waals surface area contributed by atoms with Crippen LogP contribution in [-0.2, 0) is 4.79 Å². The third-order valence-corrected chi connectivity index (χ3v) is 2.65.